The fraction of sp³-hybridized carbons (Fsp3) is 0.692. The number of hydrogen-bond acceptors (Lipinski definition) is 2. The molecule has 0 spiro atoms. The molecule has 0 saturated heterocycles. The summed E-state index contributed by atoms with van der Waals surface area (Å²) in [5, 5.41) is 0. The lowest BCUT2D eigenvalue weighted by Gasteiger charge is -2.24. The van der Waals surface area contributed by atoms with Crippen molar-refractivity contribution in [2.75, 3.05) is 0 Å². The van der Waals surface area contributed by atoms with Gasteiger partial charge in [-0.05, 0) is 5.92 Å². The van der Waals surface area contributed by atoms with Gasteiger partial charge in [-0.2, -0.15) is 0 Å². The molecule has 0 aliphatic heterocycles. The van der Waals surface area contributed by atoms with Gasteiger partial charge in [-0.3, -0.25) is 9.97 Å². The average Bonchev–Trinajstić information content (AvgIpc) is 2.15. The predicted octanol–water partition coefficient (Wildman–Crippen LogP) is 3.53. The standard InChI is InChI=1S/C13H22N2/c1-9(2)10(3)11-12(13(4,5)6)15-8-7-14-11/h7-10H,1-6H3/t10-/m1/s1. The van der Waals surface area contributed by atoms with Crippen molar-refractivity contribution in [3.05, 3.63) is 23.8 Å². The summed E-state index contributed by atoms with van der Waals surface area (Å²) in [6, 6.07) is 0. The summed E-state index contributed by atoms with van der Waals surface area (Å²) < 4.78 is 0. The molecule has 0 amide bonds. The molecule has 1 atom stereocenters. The third-order valence-electron chi connectivity index (χ3n) is 2.87. The zero-order chi connectivity index (χ0) is 11.6. The smallest absolute Gasteiger partial charge is 0.0674 e. The summed E-state index contributed by atoms with van der Waals surface area (Å²) in [6.45, 7) is 13.2. The van der Waals surface area contributed by atoms with Crippen LogP contribution in [0.5, 0.6) is 0 Å². The maximum atomic E-state index is 4.50. The molecule has 0 aromatic carbocycles. The van der Waals surface area contributed by atoms with E-state index in [0.29, 0.717) is 11.8 Å². The summed E-state index contributed by atoms with van der Waals surface area (Å²) in [7, 11) is 0. The molecule has 0 fully saturated rings. The number of aromatic nitrogens is 2. The van der Waals surface area contributed by atoms with Crippen molar-refractivity contribution in [1.29, 1.82) is 0 Å². The molecule has 2 nitrogen and oxygen atoms in total. The Morgan fingerprint density at radius 1 is 1.00 bits per heavy atom. The van der Waals surface area contributed by atoms with E-state index in [2.05, 4.69) is 51.5 Å². The minimum Gasteiger partial charge on any atom is -0.257 e. The Hall–Kier alpha value is -0.920. The molecule has 15 heavy (non-hydrogen) atoms. The van der Waals surface area contributed by atoms with Gasteiger partial charge in [-0.15, -0.1) is 0 Å². The number of nitrogens with zero attached hydrogens (tertiary/aromatic N) is 2. The van der Waals surface area contributed by atoms with E-state index in [-0.39, 0.29) is 5.41 Å². The van der Waals surface area contributed by atoms with Crippen LogP contribution in [0.3, 0.4) is 0 Å². The van der Waals surface area contributed by atoms with Crippen LogP contribution in [-0.4, -0.2) is 9.97 Å². The third kappa shape index (κ3) is 2.77. The van der Waals surface area contributed by atoms with Gasteiger partial charge in [0.1, 0.15) is 0 Å². The van der Waals surface area contributed by atoms with Gasteiger partial charge in [-0.1, -0.05) is 41.5 Å². The summed E-state index contributed by atoms with van der Waals surface area (Å²) in [5.41, 5.74) is 2.36. The molecule has 0 unspecified atom stereocenters. The van der Waals surface area contributed by atoms with Crippen LogP contribution in [0.15, 0.2) is 12.4 Å². The lowest BCUT2D eigenvalue weighted by atomic mass is 9.84. The average molecular weight is 206 g/mol. The topological polar surface area (TPSA) is 25.8 Å². The quantitative estimate of drug-likeness (QED) is 0.739. The van der Waals surface area contributed by atoms with Gasteiger partial charge in [0.2, 0.25) is 0 Å². The second-order valence-electron chi connectivity index (χ2n) is 5.57. The molecule has 84 valence electrons. The fourth-order valence-corrected chi connectivity index (χ4v) is 1.58. The number of hydrogen-bond donors (Lipinski definition) is 0. The van der Waals surface area contributed by atoms with Crippen LogP contribution in [0.4, 0.5) is 0 Å². The molecular formula is C13H22N2. The molecule has 0 aliphatic carbocycles. The van der Waals surface area contributed by atoms with Gasteiger partial charge in [0.25, 0.3) is 0 Å². The van der Waals surface area contributed by atoms with Crippen LogP contribution < -0.4 is 0 Å². The van der Waals surface area contributed by atoms with E-state index in [1.807, 2.05) is 0 Å². The molecule has 1 aromatic rings. The van der Waals surface area contributed by atoms with Crippen LogP contribution >= 0.6 is 0 Å². The minimum atomic E-state index is 0.0761. The highest BCUT2D eigenvalue weighted by molar-refractivity contribution is 5.22. The van der Waals surface area contributed by atoms with E-state index in [1.54, 1.807) is 12.4 Å². The van der Waals surface area contributed by atoms with Crippen molar-refractivity contribution in [2.24, 2.45) is 5.92 Å². The Labute approximate surface area is 93.2 Å². The van der Waals surface area contributed by atoms with Gasteiger partial charge < -0.3 is 0 Å². The first kappa shape index (κ1) is 12.2. The van der Waals surface area contributed by atoms with Crippen LogP contribution in [0.25, 0.3) is 0 Å². The molecule has 0 saturated carbocycles. The minimum absolute atomic E-state index is 0.0761. The lowest BCUT2D eigenvalue weighted by molar-refractivity contribution is 0.486. The molecular weight excluding hydrogens is 184 g/mol. The van der Waals surface area contributed by atoms with Crippen molar-refractivity contribution in [3.8, 4) is 0 Å². The van der Waals surface area contributed by atoms with Crippen molar-refractivity contribution in [2.45, 2.75) is 52.9 Å². The van der Waals surface area contributed by atoms with Crippen molar-refractivity contribution < 1.29 is 0 Å². The SMILES string of the molecule is CC(C)[C@@H](C)c1nccnc1C(C)(C)C. The first-order valence-corrected chi connectivity index (χ1v) is 5.65. The van der Waals surface area contributed by atoms with E-state index in [9.17, 15) is 0 Å². The summed E-state index contributed by atoms with van der Waals surface area (Å²) in [4.78, 5) is 8.99. The summed E-state index contributed by atoms with van der Waals surface area (Å²) in [5.74, 6) is 1.07. The van der Waals surface area contributed by atoms with E-state index in [1.165, 1.54) is 0 Å². The van der Waals surface area contributed by atoms with Gasteiger partial charge in [0, 0.05) is 23.7 Å². The van der Waals surface area contributed by atoms with E-state index in [0.717, 1.165) is 11.4 Å². The first-order chi connectivity index (χ1) is 6.84. The highest BCUT2D eigenvalue weighted by Crippen LogP contribution is 2.30. The summed E-state index contributed by atoms with van der Waals surface area (Å²) >= 11 is 0. The van der Waals surface area contributed by atoms with Gasteiger partial charge in [0.15, 0.2) is 0 Å². The molecule has 1 heterocycles. The Balaban J connectivity index is 3.18. The van der Waals surface area contributed by atoms with Crippen molar-refractivity contribution in [1.82, 2.24) is 9.97 Å². The first-order valence-electron chi connectivity index (χ1n) is 5.65. The second kappa shape index (κ2) is 4.30. The Morgan fingerprint density at radius 2 is 1.53 bits per heavy atom. The van der Waals surface area contributed by atoms with Gasteiger partial charge in [-0.25, -0.2) is 0 Å². The summed E-state index contributed by atoms with van der Waals surface area (Å²) in [6.07, 6.45) is 3.58. The highest BCUT2D eigenvalue weighted by atomic mass is 14.8. The molecule has 2 heteroatoms. The van der Waals surface area contributed by atoms with Crippen LogP contribution in [0.1, 0.15) is 58.8 Å². The maximum Gasteiger partial charge on any atom is 0.0674 e. The normalized spacial score (nSPS) is 14.3. The Kier molecular flexibility index (Phi) is 3.48. The molecule has 0 radical (unpaired) electrons. The predicted molar refractivity (Wildman–Crippen MR) is 64.0 cm³/mol. The largest absolute Gasteiger partial charge is 0.257 e. The highest BCUT2D eigenvalue weighted by Gasteiger charge is 2.24. The monoisotopic (exact) mass is 206 g/mol. The van der Waals surface area contributed by atoms with Crippen LogP contribution in [-0.2, 0) is 5.41 Å². The van der Waals surface area contributed by atoms with Crippen LogP contribution in [0.2, 0.25) is 0 Å². The van der Waals surface area contributed by atoms with Gasteiger partial charge >= 0.3 is 0 Å². The van der Waals surface area contributed by atoms with Crippen molar-refractivity contribution in [3.63, 3.8) is 0 Å². The molecule has 0 aliphatic rings. The lowest BCUT2D eigenvalue weighted by Crippen LogP contribution is -2.20. The zero-order valence-corrected chi connectivity index (χ0v) is 10.7. The van der Waals surface area contributed by atoms with Crippen molar-refractivity contribution >= 4 is 0 Å². The zero-order valence-electron chi connectivity index (χ0n) is 10.7. The molecule has 0 bridgehead atoms. The third-order valence-corrected chi connectivity index (χ3v) is 2.87. The van der Waals surface area contributed by atoms with Gasteiger partial charge in [0.05, 0.1) is 11.4 Å². The fourth-order valence-electron chi connectivity index (χ4n) is 1.58. The molecule has 1 rings (SSSR count). The van der Waals surface area contributed by atoms with E-state index >= 15 is 0 Å². The Morgan fingerprint density at radius 3 is 2.00 bits per heavy atom. The van der Waals surface area contributed by atoms with E-state index in [4.69, 9.17) is 0 Å². The number of rotatable bonds is 2. The van der Waals surface area contributed by atoms with Crippen LogP contribution in [0, 0.1) is 5.92 Å². The molecule has 0 N–H and O–H groups in total. The van der Waals surface area contributed by atoms with E-state index < -0.39 is 0 Å². The Bertz CT molecular complexity index is 324. The second-order valence-corrected chi connectivity index (χ2v) is 5.57. The maximum absolute atomic E-state index is 4.50. The molecule has 1 aromatic heterocycles.